The standard InChI is InChI=1S/C20H20ClN5O5S/c1-3-23(4-2)7-8-24(20-22-17-6-5-14(21)11-18(17)32-20)19(27)13-9-15(25(28)29)12-16(10-13)26(30)31/h5-6,9-12H,3-4,7-8H2,1-2H3. The van der Waals surface area contributed by atoms with E-state index in [-0.39, 0.29) is 12.1 Å². The van der Waals surface area contributed by atoms with Crippen LogP contribution < -0.4 is 4.90 Å². The molecule has 168 valence electrons. The predicted molar refractivity (Wildman–Crippen MR) is 124 cm³/mol. The van der Waals surface area contributed by atoms with Gasteiger partial charge in [0.05, 0.1) is 31.7 Å². The summed E-state index contributed by atoms with van der Waals surface area (Å²) in [7, 11) is 0. The molecule has 0 atom stereocenters. The van der Waals surface area contributed by atoms with Crippen LogP contribution in [0.1, 0.15) is 24.2 Å². The molecule has 0 N–H and O–H groups in total. The zero-order valence-corrected chi connectivity index (χ0v) is 18.9. The average Bonchev–Trinajstić information content (AvgIpc) is 3.18. The van der Waals surface area contributed by atoms with Crippen molar-refractivity contribution in [3.8, 4) is 0 Å². The van der Waals surface area contributed by atoms with Gasteiger partial charge in [-0.3, -0.25) is 29.9 Å². The van der Waals surface area contributed by atoms with Gasteiger partial charge in [-0.2, -0.15) is 0 Å². The molecule has 0 spiro atoms. The average molecular weight is 478 g/mol. The third kappa shape index (κ3) is 5.18. The van der Waals surface area contributed by atoms with Crippen LogP contribution in [0.3, 0.4) is 0 Å². The van der Waals surface area contributed by atoms with Crippen LogP contribution in [-0.4, -0.2) is 51.8 Å². The summed E-state index contributed by atoms with van der Waals surface area (Å²) in [5.74, 6) is -0.603. The summed E-state index contributed by atoms with van der Waals surface area (Å²) in [6.07, 6.45) is 0. The second kappa shape index (κ2) is 9.98. The molecule has 32 heavy (non-hydrogen) atoms. The Bertz CT molecular complexity index is 1150. The molecule has 0 saturated carbocycles. The number of thiazole rings is 1. The number of hydrogen-bond donors (Lipinski definition) is 0. The van der Waals surface area contributed by atoms with Gasteiger partial charge in [-0.1, -0.05) is 36.8 Å². The highest BCUT2D eigenvalue weighted by molar-refractivity contribution is 7.22. The molecule has 0 aliphatic rings. The lowest BCUT2D eigenvalue weighted by Gasteiger charge is -2.24. The topological polar surface area (TPSA) is 123 Å². The largest absolute Gasteiger partial charge is 0.302 e. The first-order valence-corrected chi connectivity index (χ1v) is 11.0. The highest BCUT2D eigenvalue weighted by atomic mass is 35.5. The Morgan fingerprint density at radius 3 is 2.22 bits per heavy atom. The number of halogens is 1. The number of hydrogen-bond acceptors (Lipinski definition) is 8. The molecular formula is C20H20ClN5O5S. The molecule has 10 nitrogen and oxygen atoms in total. The smallest absolute Gasteiger partial charge is 0.277 e. The Kier molecular flexibility index (Phi) is 7.33. The molecule has 0 radical (unpaired) electrons. The number of likely N-dealkylation sites (N-methyl/N-ethyl adjacent to an activating group) is 1. The zero-order chi connectivity index (χ0) is 23.4. The van der Waals surface area contributed by atoms with Crippen molar-refractivity contribution in [2.75, 3.05) is 31.1 Å². The lowest BCUT2D eigenvalue weighted by atomic mass is 10.1. The Labute approximate surface area is 192 Å². The van der Waals surface area contributed by atoms with Gasteiger partial charge >= 0.3 is 0 Å². The van der Waals surface area contributed by atoms with Crippen LogP contribution in [-0.2, 0) is 0 Å². The minimum absolute atomic E-state index is 0.150. The van der Waals surface area contributed by atoms with Crippen LogP contribution in [0.15, 0.2) is 36.4 Å². The second-order valence-electron chi connectivity index (χ2n) is 6.84. The predicted octanol–water partition coefficient (Wildman–Crippen LogP) is 4.75. The zero-order valence-electron chi connectivity index (χ0n) is 17.4. The van der Waals surface area contributed by atoms with E-state index < -0.39 is 27.1 Å². The number of nitro groups is 2. The molecule has 0 fully saturated rings. The molecule has 3 rings (SSSR count). The van der Waals surface area contributed by atoms with Crippen molar-refractivity contribution in [1.29, 1.82) is 0 Å². The SMILES string of the molecule is CCN(CC)CCN(C(=O)c1cc([N+](=O)[O-])cc([N+](=O)[O-])c1)c1nc2ccc(Cl)cc2s1. The number of amides is 1. The number of fused-ring (bicyclic) bond motifs is 1. The van der Waals surface area contributed by atoms with Gasteiger partial charge in [0.1, 0.15) is 0 Å². The van der Waals surface area contributed by atoms with E-state index in [1.807, 2.05) is 13.8 Å². The Balaban J connectivity index is 2.06. The van der Waals surface area contributed by atoms with Crippen molar-refractivity contribution < 1.29 is 14.6 Å². The quantitative estimate of drug-likeness (QED) is 0.321. The molecule has 0 saturated heterocycles. The monoisotopic (exact) mass is 477 g/mol. The number of rotatable bonds is 9. The molecule has 1 aromatic heterocycles. The van der Waals surface area contributed by atoms with E-state index in [4.69, 9.17) is 11.6 Å². The molecule has 0 bridgehead atoms. The van der Waals surface area contributed by atoms with Crippen molar-refractivity contribution in [2.24, 2.45) is 0 Å². The maximum atomic E-state index is 13.4. The molecule has 12 heteroatoms. The van der Waals surface area contributed by atoms with E-state index in [1.54, 1.807) is 18.2 Å². The highest BCUT2D eigenvalue weighted by Gasteiger charge is 2.26. The third-order valence-corrected chi connectivity index (χ3v) is 6.20. The van der Waals surface area contributed by atoms with Gasteiger partial charge in [0.15, 0.2) is 5.13 Å². The van der Waals surface area contributed by atoms with Gasteiger partial charge in [-0.05, 0) is 31.3 Å². The number of aromatic nitrogens is 1. The van der Waals surface area contributed by atoms with Crippen molar-refractivity contribution in [2.45, 2.75) is 13.8 Å². The van der Waals surface area contributed by atoms with Gasteiger partial charge in [-0.25, -0.2) is 4.98 Å². The highest BCUT2D eigenvalue weighted by Crippen LogP contribution is 2.32. The fourth-order valence-electron chi connectivity index (χ4n) is 3.15. The van der Waals surface area contributed by atoms with Crippen molar-refractivity contribution >= 4 is 55.6 Å². The number of benzene rings is 2. The fourth-order valence-corrected chi connectivity index (χ4v) is 4.42. The summed E-state index contributed by atoms with van der Waals surface area (Å²) in [4.78, 5) is 42.5. The fraction of sp³-hybridized carbons (Fsp3) is 0.300. The molecule has 0 aliphatic heterocycles. The Morgan fingerprint density at radius 2 is 1.66 bits per heavy atom. The van der Waals surface area contributed by atoms with Crippen molar-refractivity contribution in [3.05, 3.63) is 67.2 Å². The maximum absolute atomic E-state index is 13.4. The number of non-ortho nitro benzene ring substituents is 2. The molecule has 0 aliphatic carbocycles. The van der Waals surface area contributed by atoms with E-state index >= 15 is 0 Å². The first-order chi connectivity index (χ1) is 15.2. The van der Waals surface area contributed by atoms with Crippen LogP contribution >= 0.6 is 22.9 Å². The summed E-state index contributed by atoms with van der Waals surface area (Å²) in [5, 5.41) is 23.4. The van der Waals surface area contributed by atoms with Gasteiger partial charge in [0.2, 0.25) is 0 Å². The van der Waals surface area contributed by atoms with Crippen molar-refractivity contribution in [1.82, 2.24) is 9.88 Å². The number of carbonyl (C=O) groups excluding carboxylic acids is 1. The first kappa shape index (κ1) is 23.5. The third-order valence-electron chi connectivity index (χ3n) is 4.92. The van der Waals surface area contributed by atoms with E-state index in [9.17, 15) is 25.0 Å². The molecule has 1 heterocycles. The van der Waals surface area contributed by atoms with Gasteiger partial charge in [0, 0.05) is 30.2 Å². The summed E-state index contributed by atoms with van der Waals surface area (Å²) in [6, 6.07) is 8.09. The first-order valence-electron chi connectivity index (χ1n) is 9.77. The molecule has 1 amide bonds. The molecular weight excluding hydrogens is 458 g/mol. The molecule has 3 aromatic rings. The number of nitrogens with zero attached hydrogens (tertiary/aromatic N) is 5. The van der Waals surface area contributed by atoms with E-state index in [0.717, 1.165) is 36.0 Å². The minimum atomic E-state index is -0.760. The van der Waals surface area contributed by atoms with Gasteiger partial charge in [-0.15, -0.1) is 0 Å². The van der Waals surface area contributed by atoms with Gasteiger partial charge < -0.3 is 4.90 Å². The summed E-state index contributed by atoms with van der Waals surface area (Å²) >= 11 is 7.32. The van der Waals surface area contributed by atoms with E-state index in [2.05, 4.69) is 9.88 Å². The van der Waals surface area contributed by atoms with Crippen molar-refractivity contribution in [3.63, 3.8) is 0 Å². The number of nitro benzene ring substituents is 2. The van der Waals surface area contributed by atoms with Gasteiger partial charge in [0.25, 0.3) is 17.3 Å². The van der Waals surface area contributed by atoms with E-state index in [0.29, 0.717) is 22.2 Å². The normalized spacial score (nSPS) is 11.1. The number of carbonyl (C=O) groups is 1. The maximum Gasteiger partial charge on any atom is 0.277 e. The number of anilines is 1. The molecule has 0 unspecified atom stereocenters. The summed E-state index contributed by atoms with van der Waals surface area (Å²) in [5.41, 5.74) is -0.549. The lowest BCUT2D eigenvalue weighted by Crippen LogP contribution is -2.38. The van der Waals surface area contributed by atoms with Crippen LogP contribution in [0.4, 0.5) is 16.5 Å². The molecule has 2 aromatic carbocycles. The van der Waals surface area contributed by atoms with Crippen LogP contribution in [0, 0.1) is 20.2 Å². The Morgan fingerprint density at radius 1 is 1.03 bits per heavy atom. The van der Waals surface area contributed by atoms with Crippen LogP contribution in [0.2, 0.25) is 5.02 Å². The Hall–Kier alpha value is -3.15. The van der Waals surface area contributed by atoms with Crippen LogP contribution in [0.25, 0.3) is 10.2 Å². The van der Waals surface area contributed by atoms with E-state index in [1.165, 1.54) is 16.2 Å². The summed E-state index contributed by atoms with van der Waals surface area (Å²) in [6.45, 7) is 6.34. The second-order valence-corrected chi connectivity index (χ2v) is 8.29. The summed E-state index contributed by atoms with van der Waals surface area (Å²) < 4.78 is 0.776. The minimum Gasteiger partial charge on any atom is -0.302 e. The lowest BCUT2D eigenvalue weighted by molar-refractivity contribution is -0.394. The van der Waals surface area contributed by atoms with Crippen LogP contribution in [0.5, 0.6) is 0 Å².